The van der Waals surface area contributed by atoms with E-state index in [1.165, 1.54) is 0 Å². The molecule has 0 radical (unpaired) electrons. The lowest BCUT2D eigenvalue weighted by molar-refractivity contribution is -0.129. The Kier molecular flexibility index (Phi) is 5.42. The maximum atomic E-state index is 13.2. The van der Waals surface area contributed by atoms with Crippen LogP contribution in [0.1, 0.15) is 43.7 Å². The number of amides is 2. The molecule has 5 nitrogen and oxygen atoms in total. The molecule has 2 atom stereocenters. The second kappa shape index (κ2) is 7.56. The fourth-order valence-corrected chi connectivity index (χ4v) is 4.12. The van der Waals surface area contributed by atoms with Crippen LogP contribution in [0.15, 0.2) is 24.3 Å². The molecule has 1 aromatic rings. The Bertz CT molecular complexity index is 646. The van der Waals surface area contributed by atoms with Crippen molar-refractivity contribution in [3.8, 4) is 0 Å². The van der Waals surface area contributed by atoms with E-state index >= 15 is 0 Å². The summed E-state index contributed by atoms with van der Waals surface area (Å²) < 4.78 is 5.34. The van der Waals surface area contributed by atoms with Gasteiger partial charge in [0.1, 0.15) is 0 Å². The fraction of sp³-hybridized carbons (Fsp3) is 0.600. The monoisotopic (exact) mass is 344 g/mol. The molecule has 2 aliphatic heterocycles. The Morgan fingerprint density at radius 1 is 1.44 bits per heavy atom. The zero-order valence-electron chi connectivity index (χ0n) is 15.2. The summed E-state index contributed by atoms with van der Waals surface area (Å²) in [6.07, 6.45) is 3.00. The number of aryl methyl sites for hydroxylation is 1. The maximum absolute atomic E-state index is 13.2. The van der Waals surface area contributed by atoms with Gasteiger partial charge in [-0.15, -0.1) is 0 Å². The van der Waals surface area contributed by atoms with Gasteiger partial charge in [-0.3, -0.25) is 9.59 Å². The zero-order valence-corrected chi connectivity index (χ0v) is 15.2. The van der Waals surface area contributed by atoms with E-state index in [1.54, 1.807) is 0 Å². The van der Waals surface area contributed by atoms with Crippen molar-refractivity contribution >= 4 is 11.8 Å². The van der Waals surface area contributed by atoms with E-state index in [0.717, 1.165) is 30.4 Å². The lowest BCUT2D eigenvalue weighted by atomic mass is 9.76. The largest absolute Gasteiger partial charge is 0.382 e. The number of rotatable bonds is 7. The normalized spacial score (nSPS) is 25.3. The second-order valence-corrected chi connectivity index (χ2v) is 7.18. The minimum Gasteiger partial charge on any atom is -0.382 e. The van der Waals surface area contributed by atoms with Gasteiger partial charge in [-0.25, -0.2) is 0 Å². The predicted molar refractivity (Wildman–Crippen MR) is 96.3 cm³/mol. The van der Waals surface area contributed by atoms with Crippen LogP contribution in [0.5, 0.6) is 0 Å². The summed E-state index contributed by atoms with van der Waals surface area (Å²) in [7, 11) is 0. The van der Waals surface area contributed by atoms with E-state index < -0.39 is 5.41 Å². The maximum Gasteiger partial charge on any atom is 0.232 e. The molecule has 3 rings (SSSR count). The van der Waals surface area contributed by atoms with Gasteiger partial charge in [0.25, 0.3) is 0 Å². The minimum absolute atomic E-state index is 0.0387. The molecule has 25 heavy (non-hydrogen) atoms. The van der Waals surface area contributed by atoms with Gasteiger partial charge in [-0.1, -0.05) is 29.8 Å². The van der Waals surface area contributed by atoms with Crippen molar-refractivity contribution in [1.29, 1.82) is 0 Å². The highest BCUT2D eigenvalue weighted by Crippen LogP contribution is 2.43. The third-order valence-electron chi connectivity index (χ3n) is 5.44. The van der Waals surface area contributed by atoms with Crippen LogP contribution >= 0.6 is 0 Å². The highest BCUT2D eigenvalue weighted by molar-refractivity contribution is 5.91. The topological polar surface area (TPSA) is 58.6 Å². The first-order chi connectivity index (χ1) is 12.1. The van der Waals surface area contributed by atoms with E-state index in [0.29, 0.717) is 32.7 Å². The van der Waals surface area contributed by atoms with Crippen LogP contribution in [0.3, 0.4) is 0 Å². The number of hydrogen-bond donors (Lipinski definition) is 1. The molecule has 0 bridgehead atoms. The third-order valence-corrected chi connectivity index (χ3v) is 5.44. The number of benzene rings is 1. The molecule has 1 aromatic carbocycles. The molecule has 0 unspecified atom stereocenters. The Balaban J connectivity index is 1.78. The van der Waals surface area contributed by atoms with Crippen molar-refractivity contribution in [2.24, 2.45) is 0 Å². The van der Waals surface area contributed by atoms with Crippen LogP contribution in [0.2, 0.25) is 0 Å². The average molecular weight is 344 g/mol. The summed E-state index contributed by atoms with van der Waals surface area (Å²) in [5, 5.41) is 3.09. The molecular formula is C20H28N2O3. The van der Waals surface area contributed by atoms with Crippen molar-refractivity contribution in [1.82, 2.24) is 10.2 Å². The third kappa shape index (κ3) is 3.56. The average Bonchev–Trinajstić information content (AvgIpc) is 3.15. The molecule has 5 heteroatoms. The molecule has 2 heterocycles. The van der Waals surface area contributed by atoms with Crippen LogP contribution in [-0.4, -0.2) is 49.1 Å². The summed E-state index contributed by atoms with van der Waals surface area (Å²) >= 11 is 0. The number of nitrogens with one attached hydrogen (secondary N) is 1. The van der Waals surface area contributed by atoms with Crippen LogP contribution in [0.25, 0.3) is 0 Å². The summed E-state index contributed by atoms with van der Waals surface area (Å²) in [5.74, 6) is 0.223. The first kappa shape index (κ1) is 17.9. The molecule has 0 aliphatic carbocycles. The predicted octanol–water partition coefficient (Wildman–Crippen LogP) is 2.17. The summed E-state index contributed by atoms with van der Waals surface area (Å²) in [6.45, 7) is 6.45. The quantitative estimate of drug-likeness (QED) is 0.771. The number of carbonyl (C=O) groups is 2. The van der Waals surface area contributed by atoms with Gasteiger partial charge in [-0.2, -0.15) is 0 Å². The van der Waals surface area contributed by atoms with Gasteiger partial charge in [-0.05, 0) is 38.7 Å². The number of fused-ring (bicyclic) bond motifs is 1. The van der Waals surface area contributed by atoms with Crippen LogP contribution in [0, 0.1) is 6.92 Å². The fourth-order valence-electron chi connectivity index (χ4n) is 4.12. The molecule has 0 spiro atoms. The zero-order chi connectivity index (χ0) is 17.9. The van der Waals surface area contributed by atoms with E-state index in [4.69, 9.17) is 4.74 Å². The molecule has 136 valence electrons. The van der Waals surface area contributed by atoms with Crippen molar-refractivity contribution in [3.05, 3.63) is 35.4 Å². The van der Waals surface area contributed by atoms with Crippen molar-refractivity contribution in [2.75, 3.05) is 26.3 Å². The van der Waals surface area contributed by atoms with Crippen molar-refractivity contribution in [2.45, 2.75) is 51.0 Å². The molecule has 2 fully saturated rings. The Labute approximate surface area is 149 Å². The first-order valence-electron chi connectivity index (χ1n) is 9.29. The van der Waals surface area contributed by atoms with Gasteiger partial charge in [0.15, 0.2) is 0 Å². The molecule has 1 N–H and O–H groups in total. The summed E-state index contributed by atoms with van der Waals surface area (Å²) in [5.41, 5.74) is 1.54. The SMILES string of the molecule is CCOCCCNC(=O)[C@]1(c2cccc(C)c2)C[C@@H]2CCC(=O)N2C1. The van der Waals surface area contributed by atoms with E-state index in [1.807, 2.05) is 36.9 Å². The molecule has 0 saturated carbocycles. The first-order valence-corrected chi connectivity index (χ1v) is 9.29. The Morgan fingerprint density at radius 2 is 2.28 bits per heavy atom. The van der Waals surface area contributed by atoms with Gasteiger partial charge >= 0.3 is 0 Å². The minimum atomic E-state index is -0.627. The van der Waals surface area contributed by atoms with Crippen LogP contribution in [-0.2, 0) is 19.7 Å². The number of hydrogen-bond acceptors (Lipinski definition) is 3. The summed E-state index contributed by atoms with van der Waals surface area (Å²) in [6, 6.07) is 8.35. The number of ether oxygens (including phenoxy) is 1. The molecular weight excluding hydrogens is 316 g/mol. The van der Waals surface area contributed by atoms with Crippen molar-refractivity contribution in [3.63, 3.8) is 0 Å². The number of carbonyl (C=O) groups excluding carboxylic acids is 2. The van der Waals surface area contributed by atoms with E-state index in [-0.39, 0.29) is 17.9 Å². The Hall–Kier alpha value is -1.88. The van der Waals surface area contributed by atoms with E-state index in [9.17, 15) is 9.59 Å². The van der Waals surface area contributed by atoms with E-state index in [2.05, 4.69) is 11.4 Å². The van der Waals surface area contributed by atoms with Crippen LogP contribution in [0.4, 0.5) is 0 Å². The highest BCUT2D eigenvalue weighted by atomic mass is 16.5. The lowest BCUT2D eigenvalue weighted by Crippen LogP contribution is -2.47. The molecule has 2 aliphatic rings. The second-order valence-electron chi connectivity index (χ2n) is 7.18. The molecule has 0 aromatic heterocycles. The highest BCUT2D eigenvalue weighted by Gasteiger charge is 2.53. The lowest BCUT2D eigenvalue weighted by Gasteiger charge is -2.29. The molecule has 2 amide bonds. The standard InChI is InChI=1S/C20H28N2O3/c1-3-25-11-5-10-21-19(24)20(16-7-4-6-15(2)12-16)13-17-8-9-18(23)22(17)14-20/h4,6-7,12,17H,3,5,8-11,13-14H2,1-2H3,(H,21,24)/t17-,20+/m0/s1. The van der Waals surface area contributed by atoms with Crippen molar-refractivity contribution < 1.29 is 14.3 Å². The van der Waals surface area contributed by atoms with Gasteiger partial charge in [0.2, 0.25) is 11.8 Å². The molecule has 2 saturated heterocycles. The van der Waals surface area contributed by atoms with Gasteiger partial charge < -0.3 is 15.0 Å². The van der Waals surface area contributed by atoms with Gasteiger partial charge in [0.05, 0.1) is 5.41 Å². The van der Waals surface area contributed by atoms with Gasteiger partial charge in [0, 0.05) is 38.8 Å². The number of nitrogens with zero attached hydrogens (tertiary/aromatic N) is 1. The van der Waals surface area contributed by atoms with Crippen LogP contribution < -0.4 is 5.32 Å². The summed E-state index contributed by atoms with van der Waals surface area (Å²) in [4.78, 5) is 27.3. The smallest absolute Gasteiger partial charge is 0.232 e. The Morgan fingerprint density at radius 3 is 3.00 bits per heavy atom.